The Kier molecular flexibility index (Phi) is 4.12. The van der Waals surface area contributed by atoms with Crippen molar-refractivity contribution in [3.63, 3.8) is 0 Å². The van der Waals surface area contributed by atoms with Crippen molar-refractivity contribution in [1.82, 2.24) is 5.48 Å². The predicted octanol–water partition coefficient (Wildman–Crippen LogP) is 2.35. The SMILES string of the molecule is CCc1ccc(N(C)C)cc1C(C)NO. The molecule has 1 aromatic carbocycles. The minimum atomic E-state index is -0.0279. The third kappa shape index (κ3) is 2.70. The van der Waals surface area contributed by atoms with Crippen molar-refractivity contribution in [2.24, 2.45) is 0 Å². The summed E-state index contributed by atoms with van der Waals surface area (Å²) in [4.78, 5) is 2.06. The van der Waals surface area contributed by atoms with Crippen LogP contribution in [0.25, 0.3) is 0 Å². The van der Waals surface area contributed by atoms with Gasteiger partial charge in [-0.3, -0.25) is 0 Å². The van der Waals surface area contributed by atoms with Gasteiger partial charge >= 0.3 is 0 Å². The Balaban J connectivity index is 3.13. The first-order chi connectivity index (χ1) is 7.10. The highest BCUT2D eigenvalue weighted by atomic mass is 16.5. The topological polar surface area (TPSA) is 35.5 Å². The molecule has 0 radical (unpaired) electrons. The van der Waals surface area contributed by atoms with Gasteiger partial charge in [-0.2, -0.15) is 5.48 Å². The van der Waals surface area contributed by atoms with Gasteiger partial charge in [0.2, 0.25) is 0 Å². The first-order valence-corrected chi connectivity index (χ1v) is 5.30. The van der Waals surface area contributed by atoms with E-state index in [1.165, 1.54) is 5.56 Å². The fourth-order valence-electron chi connectivity index (χ4n) is 1.66. The van der Waals surface area contributed by atoms with E-state index in [1.807, 2.05) is 21.0 Å². The molecule has 15 heavy (non-hydrogen) atoms. The Labute approximate surface area is 91.7 Å². The van der Waals surface area contributed by atoms with Crippen LogP contribution in [0.1, 0.15) is 31.0 Å². The number of nitrogens with zero attached hydrogens (tertiary/aromatic N) is 1. The summed E-state index contributed by atoms with van der Waals surface area (Å²) in [5.74, 6) is 0. The molecule has 3 nitrogen and oxygen atoms in total. The maximum Gasteiger partial charge on any atom is 0.0544 e. The molecule has 0 aliphatic rings. The van der Waals surface area contributed by atoms with Gasteiger partial charge in [0.1, 0.15) is 0 Å². The third-order valence-electron chi connectivity index (χ3n) is 2.69. The number of anilines is 1. The number of aryl methyl sites for hydroxylation is 1. The van der Waals surface area contributed by atoms with Gasteiger partial charge in [0, 0.05) is 19.8 Å². The Morgan fingerprint density at radius 1 is 1.40 bits per heavy atom. The molecular weight excluding hydrogens is 188 g/mol. The van der Waals surface area contributed by atoms with Crippen LogP contribution >= 0.6 is 0 Å². The summed E-state index contributed by atoms with van der Waals surface area (Å²) in [6.45, 7) is 4.08. The quantitative estimate of drug-likeness (QED) is 0.746. The molecule has 0 bridgehead atoms. The molecule has 3 heteroatoms. The highest BCUT2D eigenvalue weighted by Crippen LogP contribution is 2.23. The molecule has 0 spiro atoms. The summed E-state index contributed by atoms with van der Waals surface area (Å²) in [7, 11) is 4.03. The summed E-state index contributed by atoms with van der Waals surface area (Å²) in [6.07, 6.45) is 0.981. The number of nitrogens with one attached hydrogen (secondary N) is 1. The van der Waals surface area contributed by atoms with Gasteiger partial charge in [0.25, 0.3) is 0 Å². The van der Waals surface area contributed by atoms with Gasteiger partial charge < -0.3 is 10.1 Å². The number of hydrogen-bond donors (Lipinski definition) is 2. The summed E-state index contributed by atoms with van der Waals surface area (Å²) < 4.78 is 0. The zero-order valence-corrected chi connectivity index (χ0v) is 9.91. The maximum atomic E-state index is 8.97. The maximum absolute atomic E-state index is 8.97. The molecule has 0 fully saturated rings. The van der Waals surface area contributed by atoms with Crippen LogP contribution in [0, 0.1) is 0 Å². The zero-order chi connectivity index (χ0) is 11.4. The van der Waals surface area contributed by atoms with E-state index in [1.54, 1.807) is 0 Å². The highest BCUT2D eigenvalue weighted by molar-refractivity contribution is 5.50. The Hall–Kier alpha value is -1.06. The summed E-state index contributed by atoms with van der Waals surface area (Å²) in [6, 6.07) is 6.32. The lowest BCUT2D eigenvalue weighted by Crippen LogP contribution is -2.16. The van der Waals surface area contributed by atoms with Crippen molar-refractivity contribution >= 4 is 5.69 Å². The molecule has 1 aromatic rings. The molecule has 2 N–H and O–H groups in total. The number of hydrogen-bond acceptors (Lipinski definition) is 3. The lowest BCUT2D eigenvalue weighted by molar-refractivity contribution is 0.133. The van der Waals surface area contributed by atoms with Crippen molar-refractivity contribution < 1.29 is 5.21 Å². The first kappa shape index (κ1) is 12.0. The molecule has 1 rings (SSSR count). The van der Waals surface area contributed by atoms with E-state index in [2.05, 4.69) is 35.5 Å². The van der Waals surface area contributed by atoms with E-state index < -0.39 is 0 Å². The summed E-state index contributed by atoms with van der Waals surface area (Å²) in [5, 5.41) is 8.97. The van der Waals surface area contributed by atoms with Gasteiger partial charge in [-0.05, 0) is 36.6 Å². The van der Waals surface area contributed by atoms with Gasteiger partial charge in [0.05, 0.1) is 6.04 Å². The average molecular weight is 208 g/mol. The van der Waals surface area contributed by atoms with Gasteiger partial charge in [-0.25, -0.2) is 0 Å². The Morgan fingerprint density at radius 3 is 2.53 bits per heavy atom. The van der Waals surface area contributed by atoms with Crippen molar-refractivity contribution in [3.05, 3.63) is 29.3 Å². The van der Waals surface area contributed by atoms with E-state index >= 15 is 0 Å². The molecule has 0 amide bonds. The lowest BCUT2D eigenvalue weighted by Gasteiger charge is -2.19. The second-order valence-electron chi connectivity index (χ2n) is 3.98. The monoisotopic (exact) mass is 208 g/mol. The van der Waals surface area contributed by atoms with Crippen LogP contribution in [0.5, 0.6) is 0 Å². The molecule has 0 aromatic heterocycles. The average Bonchev–Trinajstić information content (AvgIpc) is 2.27. The van der Waals surface area contributed by atoms with E-state index in [0.717, 1.165) is 17.7 Å². The normalized spacial score (nSPS) is 12.6. The summed E-state index contributed by atoms with van der Waals surface area (Å²) in [5.41, 5.74) is 5.89. The van der Waals surface area contributed by atoms with Crippen LogP contribution in [0.4, 0.5) is 5.69 Å². The second kappa shape index (κ2) is 5.14. The number of hydroxylamine groups is 1. The largest absolute Gasteiger partial charge is 0.378 e. The van der Waals surface area contributed by atoms with E-state index in [0.29, 0.717) is 0 Å². The van der Waals surface area contributed by atoms with Crippen LogP contribution in [0.2, 0.25) is 0 Å². The molecule has 0 aliphatic heterocycles. The molecule has 0 aliphatic carbocycles. The first-order valence-electron chi connectivity index (χ1n) is 5.30. The third-order valence-corrected chi connectivity index (χ3v) is 2.69. The van der Waals surface area contributed by atoms with Crippen LogP contribution in [0.15, 0.2) is 18.2 Å². The molecule has 0 saturated carbocycles. The summed E-state index contributed by atoms with van der Waals surface area (Å²) >= 11 is 0. The predicted molar refractivity (Wildman–Crippen MR) is 63.5 cm³/mol. The molecule has 0 saturated heterocycles. The zero-order valence-electron chi connectivity index (χ0n) is 9.91. The minimum absolute atomic E-state index is 0.0279. The standard InChI is InChI=1S/C12H20N2O/c1-5-10-6-7-11(14(3)4)8-12(10)9(2)13-15/h6-9,13,15H,5H2,1-4H3. The van der Waals surface area contributed by atoms with E-state index in [9.17, 15) is 0 Å². The Morgan fingerprint density at radius 2 is 2.07 bits per heavy atom. The van der Waals surface area contributed by atoms with Gasteiger partial charge in [-0.15, -0.1) is 0 Å². The Bertz CT molecular complexity index is 323. The van der Waals surface area contributed by atoms with Crippen LogP contribution < -0.4 is 10.4 Å². The van der Waals surface area contributed by atoms with Crippen molar-refractivity contribution in [2.45, 2.75) is 26.3 Å². The second-order valence-corrected chi connectivity index (χ2v) is 3.98. The fourth-order valence-corrected chi connectivity index (χ4v) is 1.66. The van der Waals surface area contributed by atoms with Gasteiger partial charge in [0.15, 0.2) is 0 Å². The van der Waals surface area contributed by atoms with Crippen molar-refractivity contribution in [1.29, 1.82) is 0 Å². The fraction of sp³-hybridized carbons (Fsp3) is 0.500. The minimum Gasteiger partial charge on any atom is -0.378 e. The smallest absolute Gasteiger partial charge is 0.0544 e. The van der Waals surface area contributed by atoms with Crippen LogP contribution in [0.3, 0.4) is 0 Å². The van der Waals surface area contributed by atoms with E-state index in [4.69, 9.17) is 5.21 Å². The molecule has 0 heterocycles. The van der Waals surface area contributed by atoms with Crippen molar-refractivity contribution in [2.75, 3.05) is 19.0 Å². The van der Waals surface area contributed by atoms with Crippen LogP contribution in [-0.2, 0) is 6.42 Å². The van der Waals surface area contributed by atoms with Crippen molar-refractivity contribution in [3.8, 4) is 0 Å². The van der Waals surface area contributed by atoms with Gasteiger partial charge in [-0.1, -0.05) is 13.0 Å². The lowest BCUT2D eigenvalue weighted by atomic mass is 9.99. The molecule has 1 atom stereocenters. The van der Waals surface area contributed by atoms with Crippen LogP contribution in [-0.4, -0.2) is 19.3 Å². The number of benzene rings is 1. The highest BCUT2D eigenvalue weighted by Gasteiger charge is 2.10. The molecule has 1 unspecified atom stereocenters. The number of rotatable bonds is 4. The molecular formula is C12H20N2O. The molecule has 84 valence electrons. The van der Waals surface area contributed by atoms with E-state index in [-0.39, 0.29) is 6.04 Å².